The molecule has 0 saturated carbocycles. The van der Waals surface area contributed by atoms with Crippen molar-refractivity contribution in [2.75, 3.05) is 32.4 Å². The molecule has 1 aliphatic heterocycles. The first kappa shape index (κ1) is 20.2. The fourth-order valence-corrected chi connectivity index (χ4v) is 4.00. The molecule has 1 fully saturated rings. The van der Waals surface area contributed by atoms with Crippen LogP contribution < -0.4 is 10.6 Å². The van der Waals surface area contributed by atoms with Gasteiger partial charge in [0, 0.05) is 33.2 Å². The number of guanidine groups is 1. The third-order valence-electron chi connectivity index (χ3n) is 3.62. The normalized spacial score (nSPS) is 17.6. The molecule has 1 heterocycles. The van der Waals surface area contributed by atoms with Crippen molar-refractivity contribution in [3.8, 4) is 0 Å². The Morgan fingerprint density at radius 3 is 2.74 bits per heavy atom. The molecule has 130 valence electrons. The van der Waals surface area contributed by atoms with E-state index in [9.17, 15) is 8.42 Å². The van der Waals surface area contributed by atoms with Crippen molar-refractivity contribution < 1.29 is 8.42 Å². The van der Waals surface area contributed by atoms with E-state index >= 15 is 0 Å². The lowest BCUT2D eigenvalue weighted by atomic mass is 10.1. The summed E-state index contributed by atoms with van der Waals surface area (Å²) in [5, 5.41) is 6.38. The average Bonchev–Trinajstić information content (AvgIpc) is 2.81. The maximum Gasteiger partial charge on any atom is 0.214 e. The third-order valence-corrected chi connectivity index (χ3v) is 5.58. The first-order valence-corrected chi connectivity index (χ1v) is 9.10. The van der Waals surface area contributed by atoms with Crippen LogP contribution in [0.2, 0.25) is 0 Å². The van der Waals surface area contributed by atoms with Crippen LogP contribution in [0.3, 0.4) is 0 Å². The van der Waals surface area contributed by atoms with Crippen LogP contribution in [0.1, 0.15) is 17.5 Å². The van der Waals surface area contributed by atoms with Crippen molar-refractivity contribution in [2.45, 2.75) is 19.9 Å². The van der Waals surface area contributed by atoms with Gasteiger partial charge in [0.25, 0.3) is 0 Å². The minimum absolute atomic E-state index is 0. The van der Waals surface area contributed by atoms with Crippen molar-refractivity contribution in [3.63, 3.8) is 0 Å². The number of aliphatic imine (C=N–C) groups is 1. The Kier molecular flexibility index (Phi) is 8.27. The minimum Gasteiger partial charge on any atom is -0.355 e. The minimum atomic E-state index is -3.02. The van der Waals surface area contributed by atoms with Gasteiger partial charge in [-0.15, -0.1) is 24.0 Å². The van der Waals surface area contributed by atoms with Crippen LogP contribution in [0.15, 0.2) is 29.3 Å². The van der Waals surface area contributed by atoms with E-state index in [4.69, 9.17) is 0 Å². The van der Waals surface area contributed by atoms with E-state index in [1.165, 1.54) is 15.4 Å². The van der Waals surface area contributed by atoms with Gasteiger partial charge in [0.15, 0.2) is 5.96 Å². The summed E-state index contributed by atoms with van der Waals surface area (Å²) in [4.78, 5) is 4.15. The van der Waals surface area contributed by atoms with Crippen molar-refractivity contribution >= 4 is 40.0 Å². The van der Waals surface area contributed by atoms with Gasteiger partial charge in [-0.25, -0.2) is 12.7 Å². The number of hydrogen-bond acceptors (Lipinski definition) is 3. The van der Waals surface area contributed by atoms with Crippen LogP contribution in [0, 0.1) is 6.92 Å². The number of halogens is 1. The number of rotatable bonds is 5. The van der Waals surface area contributed by atoms with Gasteiger partial charge in [0.1, 0.15) is 0 Å². The highest BCUT2D eigenvalue weighted by Gasteiger charge is 2.27. The zero-order valence-electron chi connectivity index (χ0n) is 13.6. The molecule has 0 atom stereocenters. The van der Waals surface area contributed by atoms with Crippen LogP contribution in [-0.4, -0.2) is 51.1 Å². The number of nitrogens with zero attached hydrogens (tertiary/aromatic N) is 2. The van der Waals surface area contributed by atoms with E-state index < -0.39 is 10.0 Å². The summed E-state index contributed by atoms with van der Waals surface area (Å²) in [6.45, 7) is 4.40. The summed E-state index contributed by atoms with van der Waals surface area (Å²) in [7, 11) is -1.31. The first-order chi connectivity index (χ1) is 10.5. The topological polar surface area (TPSA) is 73.8 Å². The Morgan fingerprint density at radius 2 is 2.13 bits per heavy atom. The molecule has 0 unspecified atom stereocenters. The molecule has 23 heavy (non-hydrogen) atoms. The lowest BCUT2D eigenvalue weighted by Gasteiger charge is -2.16. The Labute approximate surface area is 155 Å². The van der Waals surface area contributed by atoms with E-state index in [0.29, 0.717) is 32.1 Å². The second-order valence-corrected chi connectivity index (χ2v) is 7.50. The smallest absolute Gasteiger partial charge is 0.214 e. The molecule has 2 rings (SSSR count). The molecule has 0 aliphatic carbocycles. The average molecular weight is 452 g/mol. The first-order valence-electron chi connectivity index (χ1n) is 7.49. The van der Waals surface area contributed by atoms with E-state index in [2.05, 4.69) is 40.7 Å². The summed E-state index contributed by atoms with van der Waals surface area (Å²) >= 11 is 0. The molecule has 0 spiro atoms. The number of aryl methyl sites for hydroxylation is 1. The maximum atomic E-state index is 11.7. The predicted molar refractivity (Wildman–Crippen MR) is 105 cm³/mol. The Bertz CT molecular complexity index is 634. The molecular weight excluding hydrogens is 427 g/mol. The van der Waals surface area contributed by atoms with Crippen molar-refractivity contribution in [1.82, 2.24) is 14.9 Å². The summed E-state index contributed by atoms with van der Waals surface area (Å²) in [5.74, 6) is 0.950. The second-order valence-electron chi connectivity index (χ2n) is 5.41. The van der Waals surface area contributed by atoms with Gasteiger partial charge in [0.2, 0.25) is 10.0 Å². The third kappa shape index (κ3) is 6.27. The second kappa shape index (κ2) is 9.43. The molecule has 0 amide bonds. The summed E-state index contributed by atoms with van der Waals surface area (Å²) in [5.41, 5.74) is 2.41. The molecule has 1 aromatic carbocycles. The van der Waals surface area contributed by atoms with Crippen LogP contribution in [0.5, 0.6) is 0 Å². The Balaban J connectivity index is 0.00000264. The van der Waals surface area contributed by atoms with Gasteiger partial charge in [-0.05, 0) is 18.9 Å². The molecule has 2 N–H and O–H groups in total. The van der Waals surface area contributed by atoms with Gasteiger partial charge in [-0.3, -0.25) is 4.99 Å². The zero-order valence-corrected chi connectivity index (χ0v) is 16.7. The number of hydrogen-bond donors (Lipinski definition) is 2. The van der Waals surface area contributed by atoms with Gasteiger partial charge in [0.05, 0.1) is 5.75 Å². The lowest BCUT2D eigenvalue weighted by molar-refractivity contribution is 0.445. The molecule has 1 saturated heterocycles. The molecule has 0 aromatic heterocycles. The molecule has 8 heteroatoms. The van der Waals surface area contributed by atoms with Gasteiger partial charge >= 0.3 is 0 Å². The van der Waals surface area contributed by atoms with Gasteiger partial charge in [-0.1, -0.05) is 29.8 Å². The van der Waals surface area contributed by atoms with E-state index in [-0.39, 0.29) is 29.7 Å². The van der Waals surface area contributed by atoms with E-state index in [1.54, 1.807) is 7.05 Å². The summed E-state index contributed by atoms with van der Waals surface area (Å²) in [6.07, 6.45) is 0.725. The van der Waals surface area contributed by atoms with Crippen molar-refractivity contribution in [2.24, 2.45) is 4.99 Å². The fraction of sp³-hybridized carbons (Fsp3) is 0.533. The van der Waals surface area contributed by atoms with Crippen LogP contribution >= 0.6 is 24.0 Å². The molecule has 1 aliphatic rings. The SMILES string of the molecule is CN=C(NCCN1CCCS1(=O)=O)NCc1cccc(C)c1.I. The monoisotopic (exact) mass is 452 g/mol. The highest BCUT2D eigenvalue weighted by molar-refractivity contribution is 14.0. The summed E-state index contributed by atoms with van der Waals surface area (Å²) in [6, 6.07) is 8.27. The predicted octanol–water partition coefficient (Wildman–Crippen LogP) is 1.31. The highest BCUT2D eigenvalue weighted by Crippen LogP contribution is 2.11. The quantitative estimate of drug-likeness (QED) is 0.402. The largest absolute Gasteiger partial charge is 0.355 e. The molecule has 1 aromatic rings. The van der Waals surface area contributed by atoms with Gasteiger partial charge < -0.3 is 10.6 Å². The van der Waals surface area contributed by atoms with E-state index in [0.717, 1.165) is 6.42 Å². The standard InChI is InChI=1S/C15H24N4O2S.HI/c1-13-5-3-6-14(11-13)12-18-15(16-2)17-7-9-19-8-4-10-22(19,20)21;/h3,5-6,11H,4,7-10,12H2,1-2H3,(H2,16,17,18);1H. The lowest BCUT2D eigenvalue weighted by Crippen LogP contribution is -2.41. The summed E-state index contributed by atoms with van der Waals surface area (Å²) < 4.78 is 24.9. The molecular formula is C15H25IN4O2S. The zero-order chi connectivity index (χ0) is 16.0. The van der Waals surface area contributed by atoms with Gasteiger partial charge in [-0.2, -0.15) is 0 Å². The Morgan fingerprint density at radius 1 is 1.35 bits per heavy atom. The van der Waals surface area contributed by atoms with Crippen molar-refractivity contribution in [1.29, 1.82) is 0 Å². The van der Waals surface area contributed by atoms with Crippen LogP contribution in [0.4, 0.5) is 0 Å². The number of benzene rings is 1. The molecule has 6 nitrogen and oxygen atoms in total. The number of sulfonamides is 1. The fourth-order valence-electron chi connectivity index (χ4n) is 2.47. The molecule has 0 bridgehead atoms. The molecule has 0 radical (unpaired) electrons. The maximum absolute atomic E-state index is 11.7. The van der Waals surface area contributed by atoms with E-state index in [1.807, 2.05) is 6.07 Å². The number of nitrogens with one attached hydrogen (secondary N) is 2. The van der Waals surface area contributed by atoms with Crippen molar-refractivity contribution in [3.05, 3.63) is 35.4 Å². The highest BCUT2D eigenvalue weighted by atomic mass is 127. The van der Waals surface area contributed by atoms with Crippen LogP contribution in [-0.2, 0) is 16.6 Å². The van der Waals surface area contributed by atoms with Crippen LogP contribution in [0.25, 0.3) is 0 Å². The Hall–Kier alpha value is -0.870.